The molecule has 0 aliphatic carbocycles. The fraction of sp³-hybridized carbons (Fsp3) is 0.789. The van der Waals surface area contributed by atoms with Crippen LogP contribution in [0.25, 0.3) is 0 Å². The summed E-state index contributed by atoms with van der Waals surface area (Å²) in [5.74, 6) is 2.07. The molecule has 0 saturated carbocycles. The highest BCUT2D eigenvalue weighted by molar-refractivity contribution is 5.06. The zero-order valence-corrected chi connectivity index (χ0v) is 14.8. The van der Waals surface area contributed by atoms with Crippen molar-refractivity contribution in [2.45, 2.75) is 38.8 Å². The standard InChI is InChI=1S/C19H30N2O3/c1-16-2-3-18(24-16)12-20-8-11-23-15-19(13-20)6-7-21(14-19)17-4-9-22-10-5-17/h2-3,17H,4-15H2,1H3. The van der Waals surface area contributed by atoms with Crippen LogP contribution >= 0.6 is 0 Å². The third-order valence-corrected chi connectivity index (χ3v) is 5.87. The first-order valence-electron chi connectivity index (χ1n) is 9.40. The van der Waals surface area contributed by atoms with Gasteiger partial charge in [0.1, 0.15) is 11.5 Å². The molecule has 5 heteroatoms. The average Bonchev–Trinajstić information content (AvgIpc) is 3.13. The molecule has 134 valence electrons. The largest absolute Gasteiger partial charge is 0.465 e. The molecule has 3 saturated heterocycles. The molecule has 0 aromatic carbocycles. The third kappa shape index (κ3) is 3.69. The summed E-state index contributed by atoms with van der Waals surface area (Å²) in [4.78, 5) is 5.23. The maximum Gasteiger partial charge on any atom is 0.118 e. The van der Waals surface area contributed by atoms with Gasteiger partial charge in [0.2, 0.25) is 0 Å². The smallest absolute Gasteiger partial charge is 0.118 e. The fourth-order valence-electron chi connectivity index (χ4n) is 4.59. The molecule has 3 aliphatic rings. The predicted molar refractivity (Wildman–Crippen MR) is 92.0 cm³/mol. The molecule has 1 aromatic heterocycles. The van der Waals surface area contributed by atoms with Gasteiger partial charge in [-0.3, -0.25) is 9.80 Å². The Balaban J connectivity index is 1.40. The van der Waals surface area contributed by atoms with Crippen molar-refractivity contribution in [2.24, 2.45) is 5.41 Å². The van der Waals surface area contributed by atoms with Crippen LogP contribution in [0.4, 0.5) is 0 Å². The van der Waals surface area contributed by atoms with Crippen molar-refractivity contribution in [1.82, 2.24) is 9.80 Å². The van der Waals surface area contributed by atoms with Gasteiger partial charge in [-0.2, -0.15) is 0 Å². The lowest BCUT2D eigenvalue weighted by atomic mass is 9.87. The Labute approximate surface area is 144 Å². The summed E-state index contributed by atoms with van der Waals surface area (Å²) < 4.78 is 17.3. The van der Waals surface area contributed by atoms with E-state index in [2.05, 4.69) is 21.9 Å². The van der Waals surface area contributed by atoms with Gasteiger partial charge in [0.05, 0.1) is 19.8 Å². The molecule has 0 bridgehead atoms. The number of likely N-dealkylation sites (tertiary alicyclic amines) is 1. The first-order chi connectivity index (χ1) is 11.7. The SMILES string of the molecule is Cc1ccc(CN2CCOCC3(CCN(C4CCOCC4)C3)C2)o1. The number of hydrogen-bond acceptors (Lipinski definition) is 5. The van der Waals surface area contributed by atoms with Gasteiger partial charge >= 0.3 is 0 Å². The van der Waals surface area contributed by atoms with Crippen molar-refractivity contribution >= 4 is 0 Å². The Hall–Kier alpha value is -0.880. The molecular weight excluding hydrogens is 304 g/mol. The van der Waals surface area contributed by atoms with Crippen molar-refractivity contribution in [2.75, 3.05) is 52.6 Å². The van der Waals surface area contributed by atoms with Gasteiger partial charge in [-0.15, -0.1) is 0 Å². The molecule has 1 aromatic rings. The van der Waals surface area contributed by atoms with Crippen LogP contribution < -0.4 is 0 Å². The third-order valence-electron chi connectivity index (χ3n) is 5.87. The highest BCUT2D eigenvalue weighted by Gasteiger charge is 2.43. The highest BCUT2D eigenvalue weighted by Crippen LogP contribution is 2.36. The minimum atomic E-state index is 0.288. The normalized spacial score (nSPS) is 30.9. The summed E-state index contributed by atoms with van der Waals surface area (Å²) in [6.07, 6.45) is 3.62. The Bertz CT molecular complexity index is 540. The first kappa shape index (κ1) is 16.6. The Morgan fingerprint density at radius 3 is 2.75 bits per heavy atom. The second kappa shape index (κ2) is 7.16. The van der Waals surface area contributed by atoms with Crippen LogP contribution in [0.3, 0.4) is 0 Å². The molecule has 5 nitrogen and oxygen atoms in total. The van der Waals surface area contributed by atoms with E-state index in [1.165, 1.54) is 32.4 Å². The van der Waals surface area contributed by atoms with Crippen LogP contribution in [-0.2, 0) is 16.0 Å². The Morgan fingerprint density at radius 1 is 1.08 bits per heavy atom. The average molecular weight is 334 g/mol. The van der Waals surface area contributed by atoms with E-state index in [1.807, 2.05) is 6.92 Å². The lowest BCUT2D eigenvalue weighted by molar-refractivity contribution is 0.0283. The van der Waals surface area contributed by atoms with E-state index in [1.54, 1.807) is 0 Å². The molecule has 3 aliphatic heterocycles. The zero-order chi connectivity index (χ0) is 16.4. The maximum absolute atomic E-state index is 6.02. The van der Waals surface area contributed by atoms with Crippen molar-refractivity contribution in [3.05, 3.63) is 23.7 Å². The van der Waals surface area contributed by atoms with Crippen LogP contribution in [-0.4, -0.2) is 68.4 Å². The molecule has 0 amide bonds. The topological polar surface area (TPSA) is 38.1 Å². The zero-order valence-electron chi connectivity index (χ0n) is 14.8. The summed E-state index contributed by atoms with van der Waals surface area (Å²) in [6.45, 7) is 11.0. The molecule has 0 radical (unpaired) electrons. The lowest BCUT2D eigenvalue weighted by Crippen LogP contribution is -2.43. The van der Waals surface area contributed by atoms with Gasteiger partial charge in [0, 0.05) is 44.3 Å². The molecule has 1 unspecified atom stereocenters. The Morgan fingerprint density at radius 2 is 1.96 bits per heavy atom. The van der Waals surface area contributed by atoms with E-state index in [9.17, 15) is 0 Å². The number of furan rings is 1. The van der Waals surface area contributed by atoms with E-state index < -0.39 is 0 Å². The molecule has 4 heterocycles. The number of rotatable bonds is 3. The van der Waals surface area contributed by atoms with Crippen molar-refractivity contribution < 1.29 is 13.9 Å². The number of hydrogen-bond donors (Lipinski definition) is 0. The molecule has 3 fully saturated rings. The van der Waals surface area contributed by atoms with Crippen LogP contribution in [0.15, 0.2) is 16.5 Å². The van der Waals surface area contributed by atoms with Crippen molar-refractivity contribution in [1.29, 1.82) is 0 Å². The summed E-state index contributed by atoms with van der Waals surface area (Å²) in [5, 5.41) is 0. The minimum absolute atomic E-state index is 0.288. The van der Waals surface area contributed by atoms with Crippen LogP contribution in [0, 0.1) is 12.3 Å². The second-order valence-corrected chi connectivity index (χ2v) is 7.84. The fourth-order valence-corrected chi connectivity index (χ4v) is 4.59. The molecule has 4 rings (SSSR count). The molecule has 0 N–H and O–H groups in total. The van der Waals surface area contributed by atoms with Gasteiger partial charge in [-0.1, -0.05) is 0 Å². The number of aryl methyl sites for hydroxylation is 1. The lowest BCUT2D eigenvalue weighted by Gasteiger charge is -2.35. The first-order valence-corrected chi connectivity index (χ1v) is 9.40. The summed E-state index contributed by atoms with van der Waals surface area (Å²) in [5.41, 5.74) is 0.288. The highest BCUT2D eigenvalue weighted by atomic mass is 16.5. The van der Waals surface area contributed by atoms with E-state index in [0.717, 1.165) is 57.6 Å². The van der Waals surface area contributed by atoms with Gasteiger partial charge in [0.15, 0.2) is 0 Å². The van der Waals surface area contributed by atoms with Crippen LogP contribution in [0.1, 0.15) is 30.8 Å². The van der Waals surface area contributed by atoms with Crippen molar-refractivity contribution in [3.63, 3.8) is 0 Å². The number of nitrogens with zero attached hydrogens (tertiary/aromatic N) is 2. The van der Waals surface area contributed by atoms with E-state index in [4.69, 9.17) is 13.9 Å². The predicted octanol–water partition coefficient (Wildman–Crippen LogP) is 2.29. The molecule has 24 heavy (non-hydrogen) atoms. The quantitative estimate of drug-likeness (QED) is 0.848. The molecule has 1 atom stereocenters. The summed E-state index contributed by atoms with van der Waals surface area (Å²) in [7, 11) is 0. The van der Waals surface area contributed by atoms with Crippen LogP contribution in [0.5, 0.6) is 0 Å². The van der Waals surface area contributed by atoms with E-state index >= 15 is 0 Å². The van der Waals surface area contributed by atoms with E-state index in [0.29, 0.717) is 6.04 Å². The van der Waals surface area contributed by atoms with Gasteiger partial charge in [-0.05, 0) is 44.9 Å². The van der Waals surface area contributed by atoms with Gasteiger partial charge < -0.3 is 13.9 Å². The van der Waals surface area contributed by atoms with Crippen molar-refractivity contribution in [3.8, 4) is 0 Å². The van der Waals surface area contributed by atoms with E-state index in [-0.39, 0.29) is 5.41 Å². The Kier molecular flexibility index (Phi) is 4.95. The van der Waals surface area contributed by atoms with Gasteiger partial charge in [-0.25, -0.2) is 0 Å². The minimum Gasteiger partial charge on any atom is -0.465 e. The molecular formula is C19H30N2O3. The second-order valence-electron chi connectivity index (χ2n) is 7.84. The summed E-state index contributed by atoms with van der Waals surface area (Å²) in [6, 6.07) is 4.88. The number of ether oxygens (including phenoxy) is 2. The summed E-state index contributed by atoms with van der Waals surface area (Å²) >= 11 is 0. The van der Waals surface area contributed by atoms with Gasteiger partial charge in [0.25, 0.3) is 0 Å². The monoisotopic (exact) mass is 334 g/mol. The van der Waals surface area contributed by atoms with Crippen LogP contribution in [0.2, 0.25) is 0 Å². The molecule has 1 spiro atoms. The maximum atomic E-state index is 6.02.